The van der Waals surface area contributed by atoms with Crippen molar-refractivity contribution in [2.75, 3.05) is 6.61 Å². The number of benzene rings is 2. The average molecular weight is 509 g/mol. The van der Waals surface area contributed by atoms with Crippen LogP contribution in [0.3, 0.4) is 0 Å². The van der Waals surface area contributed by atoms with Gasteiger partial charge in [0.2, 0.25) is 6.29 Å². The van der Waals surface area contributed by atoms with Crippen LogP contribution in [0.5, 0.6) is 17.2 Å². The van der Waals surface area contributed by atoms with E-state index in [1.165, 1.54) is 42.5 Å². The largest absolute Gasteiger partial charge is 1.00 e. The quantitative estimate of drug-likeness (QED) is 0.109. The van der Waals surface area contributed by atoms with Crippen LogP contribution >= 0.6 is 0 Å². The molecule has 1 fully saturated rings. The van der Waals surface area contributed by atoms with Crippen LogP contribution in [-0.4, -0.2) is 75.8 Å². The van der Waals surface area contributed by atoms with E-state index in [0.29, 0.717) is 11.1 Å². The molecule has 0 unspecified atom stereocenters. The number of aliphatic hydroxyl groups is 4. The van der Waals surface area contributed by atoms with Crippen LogP contribution in [0.2, 0.25) is 0 Å². The van der Waals surface area contributed by atoms with E-state index in [0.717, 1.165) is 0 Å². The SMILES string of the molecule is O=S(=O)([O-])Oc1ccc(/C=C\c2cc(O)cc(O[C@@H]3O[C@H](CO)[C@@H](O)[C@H](O)[C@H]3O)c2)cc1.[K+]. The topological polar surface area (TPSA) is 186 Å². The molecular weight excluding hydrogens is 487 g/mol. The zero-order chi connectivity index (χ0) is 23.5. The summed E-state index contributed by atoms with van der Waals surface area (Å²) in [7, 11) is -4.86. The van der Waals surface area contributed by atoms with Crippen molar-refractivity contribution in [2.45, 2.75) is 30.7 Å². The molecular formula is C20H21KO11S. The maximum absolute atomic E-state index is 10.6. The van der Waals surface area contributed by atoms with Crippen LogP contribution in [0.25, 0.3) is 12.2 Å². The summed E-state index contributed by atoms with van der Waals surface area (Å²) in [4.78, 5) is 0. The molecule has 5 N–H and O–H groups in total. The fourth-order valence-electron chi connectivity index (χ4n) is 3.01. The summed E-state index contributed by atoms with van der Waals surface area (Å²) >= 11 is 0. The molecule has 0 radical (unpaired) electrons. The predicted molar refractivity (Wildman–Crippen MR) is 108 cm³/mol. The third-order valence-corrected chi connectivity index (χ3v) is 4.96. The van der Waals surface area contributed by atoms with E-state index in [4.69, 9.17) is 9.47 Å². The Morgan fingerprint density at radius 2 is 1.58 bits per heavy atom. The third-order valence-electron chi connectivity index (χ3n) is 4.56. The predicted octanol–water partition coefficient (Wildman–Crippen LogP) is -3.42. The third kappa shape index (κ3) is 7.99. The number of hydrogen-bond acceptors (Lipinski definition) is 11. The van der Waals surface area contributed by atoms with E-state index in [1.54, 1.807) is 12.2 Å². The molecule has 3 rings (SSSR count). The van der Waals surface area contributed by atoms with Crippen molar-refractivity contribution >= 4 is 22.6 Å². The smallest absolute Gasteiger partial charge is 0.716 e. The molecule has 0 aromatic heterocycles. The Morgan fingerprint density at radius 1 is 0.939 bits per heavy atom. The monoisotopic (exact) mass is 508 g/mol. The molecule has 33 heavy (non-hydrogen) atoms. The van der Waals surface area contributed by atoms with Gasteiger partial charge >= 0.3 is 51.4 Å². The molecule has 0 bridgehead atoms. The van der Waals surface area contributed by atoms with Crippen molar-refractivity contribution < 1.29 is 104 Å². The Hall–Kier alpha value is -1.07. The molecule has 0 aliphatic carbocycles. The van der Waals surface area contributed by atoms with Gasteiger partial charge in [0.25, 0.3) is 10.4 Å². The molecule has 1 saturated heterocycles. The summed E-state index contributed by atoms with van der Waals surface area (Å²) < 4.78 is 46.8. The molecule has 5 atom stereocenters. The number of phenols is 1. The van der Waals surface area contributed by atoms with E-state index in [9.17, 15) is 38.5 Å². The zero-order valence-corrected chi connectivity index (χ0v) is 21.3. The summed E-state index contributed by atoms with van der Waals surface area (Å²) in [5.41, 5.74) is 1.10. The van der Waals surface area contributed by atoms with Gasteiger partial charge in [-0.1, -0.05) is 24.3 Å². The summed E-state index contributed by atoms with van der Waals surface area (Å²) in [6.07, 6.45) is -4.06. The second kappa shape index (κ2) is 12.1. The minimum Gasteiger partial charge on any atom is -0.716 e. The standard InChI is InChI=1S/C20H22O11S.K/c21-10-16-17(23)18(24)19(25)20(30-16)29-15-8-12(7-13(22)9-15)2-1-11-3-5-14(6-4-11)31-32(26,27)28;/h1-9,16-25H,10H2,(H,26,27,28);/q;+1/p-1/b2-1-;/t16-,17-,18+,19-,20-;/m1./s1. The first-order valence-electron chi connectivity index (χ1n) is 9.30. The minimum atomic E-state index is -4.86. The Labute approximate surface area is 232 Å². The van der Waals surface area contributed by atoms with E-state index >= 15 is 0 Å². The van der Waals surface area contributed by atoms with Gasteiger partial charge in [-0.3, -0.25) is 0 Å². The van der Waals surface area contributed by atoms with Crippen LogP contribution in [-0.2, 0) is 15.1 Å². The van der Waals surface area contributed by atoms with E-state index < -0.39 is 47.7 Å². The first-order chi connectivity index (χ1) is 15.1. The molecule has 1 heterocycles. The second-order valence-electron chi connectivity index (χ2n) is 6.97. The second-order valence-corrected chi connectivity index (χ2v) is 7.95. The summed E-state index contributed by atoms with van der Waals surface area (Å²) in [6, 6.07) is 9.76. The van der Waals surface area contributed by atoms with Crippen LogP contribution in [0.4, 0.5) is 0 Å². The number of hydrogen-bond donors (Lipinski definition) is 5. The molecule has 0 saturated carbocycles. The Morgan fingerprint density at radius 3 is 2.18 bits per heavy atom. The molecule has 0 amide bonds. The van der Waals surface area contributed by atoms with Gasteiger partial charge in [0.15, 0.2) is 0 Å². The Kier molecular flexibility index (Phi) is 10.3. The molecule has 2 aromatic rings. The zero-order valence-electron chi connectivity index (χ0n) is 17.4. The van der Waals surface area contributed by atoms with Gasteiger partial charge in [-0.25, -0.2) is 8.42 Å². The Balaban J connectivity index is 0.00000385. The van der Waals surface area contributed by atoms with Gasteiger partial charge < -0.3 is 43.7 Å². The van der Waals surface area contributed by atoms with Gasteiger partial charge in [-0.05, 0) is 35.4 Å². The van der Waals surface area contributed by atoms with Gasteiger partial charge in [0.05, 0.1) is 6.61 Å². The number of phenolic OH excluding ortho intramolecular Hbond substituents is 1. The van der Waals surface area contributed by atoms with E-state index in [-0.39, 0.29) is 68.6 Å². The van der Waals surface area contributed by atoms with Crippen molar-refractivity contribution in [3.8, 4) is 17.2 Å². The maximum Gasteiger partial charge on any atom is 1.00 e. The average Bonchev–Trinajstić information content (AvgIpc) is 2.72. The van der Waals surface area contributed by atoms with Crippen LogP contribution in [0.15, 0.2) is 42.5 Å². The fraction of sp³-hybridized carbons (Fsp3) is 0.300. The van der Waals surface area contributed by atoms with Crippen LogP contribution < -0.4 is 60.3 Å². The number of aliphatic hydroxyl groups excluding tert-OH is 4. The van der Waals surface area contributed by atoms with Gasteiger partial charge in [-0.15, -0.1) is 0 Å². The van der Waals surface area contributed by atoms with Crippen molar-refractivity contribution in [3.63, 3.8) is 0 Å². The molecule has 2 aromatic carbocycles. The van der Waals surface area contributed by atoms with Crippen molar-refractivity contribution in [2.24, 2.45) is 0 Å². The normalized spacial score (nSPS) is 25.4. The minimum absolute atomic E-state index is 0. The Bertz CT molecular complexity index is 1060. The number of ether oxygens (including phenoxy) is 2. The van der Waals surface area contributed by atoms with Gasteiger partial charge in [-0.2, -0.15) is 0 Å². The van der Waals surface area contributed by atoms with Gasteiger partial charge in [0, 0.05) is 6.07 Å². The molecule has 13 heteroatoms. The maximum atomic E-state index is 10.6. The van der Waals surface area contributed by atoms with Gasteiger partial charge in [0.1, 0.15) is 41.7 Å². The van der Waals surface area contributed by atoms with Crippen molar-refractivity contribution in [1.82, 2.24) is 0 Å². The number of rotatable bonds is 7. The number of aromatic hydroxyl groups is 1. The molecule has 11 nitrogen and oxygen atoms in total. The van der Waals surface area contributed by atoms with Crippen LogP contribution in [0.1, 0.15) is 11.1 Å². The molecule has 174 valence electrons. The first-order valence-corrected chi connectivity index (χ1v) is 10.6. The summed E-state index contributed by atoms with van der Waals surface area (Å²) in [6.45, 7) is -0.608. The van der Waals surface area contributed by atoms with E-state index in [1.807, 2.05) is 0 Å². The molecule has 1 aliphatic heterocycles. The van der Waals surface area contributed by atoms with Crippen molar-refractivity contribution in [1.29, 1.82) is 0 Å². The first kappa shape index (κ1) is 28.2. The summed E-state index contributed by atoms with van der Waals surface area (Å²) in [5.74, 6) is -0.223. The fourth-order valence-corrected chi connectivity index (χ4v) is 3.36. The molecule has 1 aliphatic rings. The molecule has 0 spiro atoms. The van der Waals surface area contributed by atoms with E-state index in [2.05, 4.69) is 4.18 Å². The summed E-state index contributed by atoms with van der Waals surface area (Å²) in [5, 5.41) is 49.0. The van der Waals surface area contributed by atoms with Crippen molar-refractivity contribution in [3.05, 3.63) is 53.6 Å². The van der Waals surface area contributed by atoms with Crippen LogP contribution in [0, 0.1) is 0 Å².